The van der Waals surface area contributed by atoms with Crippen molar-refractivity contribution in [2.45, 2.75) is 44.9 Å². The number of nitrogens with zero attached hydrogens (tertiary/aromatic N) is 1. The van der Waals surface area contributed by atoms with Crippen molar-refractivity contribution in [2.75, 3.05) is 6.61 Å². The molecule has 0 radical (unpaired) electrons. The van der Waals surface area contributed by atoms with E-state index in [0.29, 0.717) is 11.8 Å². The summed E-state index contributed by atoms with van der Waals surface area (Å²) in [6, 6.07) is 10.2. The van der Waals surface area contributed by atoms with Gasteiger partial charge in [-0.15, -0.1) is 11.6 Å². The van der Waals surface area contributed by atoms with Gasteiger partial charge in [0.25, 0.3) is 0 Å². The number of hydrogen-bond donors (Lipinski definition) is 0. The third-order valence-electron chi connectivity index (χ3n) is 3.38. The first-order chi connectivity index (χ1) is 9.85. The molecule has 1 aromatic heterocycles. The fourth-order valence-electron chi connectivity index (χ4n) is 2.27. The van der Waals surface area contributed by atoms with E-state index >= 15 is 0 Å². The molecule has 0 spiro atoms. The molecule has 0 saturated heterocycles. The predicted octanol–water partition coefficient (Wildman–Crippen LogP) is 5.32. The molecule has 0 saturated carbocycles. The van der Waals surface area contributed by atoms with Gasteiger partial charge in [-0.05, 0) is 23.9 Å². The maximum absolute atomic E-state index is 5.90. The summed E-state index contributed by atoms with van der Waals surface area (Å²) in [6.45, 7) is 2.96. The molecule has 2 aromatic rings. The Balaban J connectivity index is 2.01. The summed E-state index contributed by atoms with van der Waals surface area (Å²) in [4.78, 5) is 4.50. The molecule has 0 atom stereocenters. The number of rotatable bonds is 8. The lowest BCUT2D eigenvalue weighted by Crippen LogP contribution is -2.01. The van der Waals surface area contributed by atoms with E-state index in [9.17, 15) is 0 Å². The van der Waals surface area contributed by atoms with Crippen molar-refractivity contribution in [1.82, 2.24) is 4.98 Å². The van der Waals surface area contributed by atoms with Gasteiger partial charge in [0.1, 0.15) is 0 Å². The summed E-state index contributed by atoms with van der Waals surface area (Å²) in [5.74, 6) is 1.13. The molecule has 0 amide bonds. The van der Waals surface area contributed by atoms with E-state index in [1.807, 2.05) is 24.3 Å². The SMILES string of the molecule is CCCCCCCOc1nc(CCl)cc2ccccc12. The summed E-state index contributed by atoms with van der Waals surface area (Å²) in [6.07, 6.45) is 6.17. The van der Waals surface area contributed by atoms with E-state index in [1.165, 1.54) is 25.7 Å². The Hall–Kier alpha value is -1.28. The molecule has 0 unspecified atom stereocenters. The molecule has 1 aromatic carbocycles. The van der Waals surface area contributed by atoms with E-state index < -0.39 is 0 Å². The first-order valence-electron chi connectivity index (χ1n) is 7.42. The number of pyridine rings is 1. The lowest BCUT2D eigenvalue weighted by Gasteiger charge is -2.10. The van der Waals surface area contributed by atoms with Gasteiger partial charge in [0.15, 0.2) is 0 Å². The average Bonchev–Trinajstić information content (AvgIpc) is 2.50. The monoisotopic (exact) mass is 291 g/mol. The second kappa shape index (κ2) is 8.11. The maximum atomic E-state index is 5.90. The van der Waals surface area contributed by atoms with Gasteiger partial charge in [-0.25, -0.2) is 4.98 Å². The quantitative estimate of drug-likeness (QED) is 0.485. The number of fused-ring (bicyclic) bond motifs is 1. The summed E-state index contributed by atoms with van der Waals surface area (Å²) < 4.78 is 5.87. The third-order valence-corrected chi connectivity index (χ3v) is 3.66. The van der Waals surface area contributed by atoms with Crippen LogP contribution >= 0.6 is 11.6 Å². The Bertz CT molecular complexity index is 542. The van der Waals surface area contributed by atoms with E-state index in [4.69, 9.17) is 16.3 Å². The van der Waals surface area contributed by atoms with Crippen LogP contribution in [-0.2, 0) is 5.88 Å². The van der Waals surface area contributed by atoms with E-state index in [2.05, 4.69) is 18.0 Å². The molecule has 20 heavy (non-hydrogen) atoms. The Labute approximate surface area is 126 Å². The maximum Gasteiger partial charge on any atom is 0.221 e. The zero-order valence-corrected chi connectivity index (χ0v) is 12.8. The first-order valence-corrected chi connectivity index (χ1v) is 7.96. The van der Waals surface area contributed by atoms with Crippen LogP contribution in [0.25, 0.3) is 10.8 Å². The lowest BCUT2D eigenvalue weighted by molar-refractivity contribution is 0.296. The summed E-state index contributed by atoms with van der Waals surface area (Å²) >= 11 is 5.90. The van der Waals surface area contributed by atoms with E-state index in [1.54, 1.807) is 0 Å². The van der Waals surface area contributed by atoms with Crippen molar-refractivity contribution < 1.29 is 4.74 Å². The molecule has 0 aliphatic heterocycles. The fourth-order valence-corrected chi connectivity index (χ4v) is 2.41. The minimum Gasteiger partial charge on any atom is -0.477 e. The molecule has 0 fully saturated rings. The van der Waals surface area contributed by atoms with Crippen molar-refractivity contribution in [3.8, 4) is 5.88 Å². The van der Waals surface area contributed by atoms with Gasteiger partial charge in [0.05, 0.1) is 18.2 Å². The normalized spacial score (nSPS) is 10.9. The van der Waals surface area contributed by atoms with Crippen LogP contribution in [0.4, 0.5) is 0 Å². The number of unbranched alkanes of at least 4 members (excludes halogenated alkanes) is 4. The average molecular weight is 292 g/mol. The van der Waals surface area contributed by atoms with Crippen molar-refractivity contribution in [1.29, 1.82) is 0 Å². The topological polar surface area (TPSA) is 22.1 Å². The van der Waals surface area contributed by atoms with Gasteiger partial charge in [0, 0.05) is 5.39 Å². The van der Waals surface area contributed by atoms with Gasteiger partial charge >= 0.3 is 0 Å². The molecule has 0 aliphatic carbocycles. The molecule has 108 valence electrons. The fraction of sp³-hybridized carbons (Fsp3) is 0.471. The highest BCUT2D eigenvalue weighted by Crippen LogP contribution is 2.25. The molecule has 0 bridgehead atoms. The van der Waals surface area contributed by atoms with E-state index in [-0.39, 0.29) is 0 Å². The predicted molar refractivity (Wildman–Crippen MR) is 85.6 cm³/mol. The summed E-state index contributed by atoms with van der Waals surface area (Å²) in [7, 11) is 0. The summed E-state index contributed by atoms with van der Waals surface area (Å²) in [5, 5.41) is 2.20. The van der Waals surface area contributed by atoms with Crippen molar-refractivity contribution >= 4 is 22.4 Å². The van der Waals surface area contributed by atoms with Crippen LogP contribution in [0, 0.1) is 0 Å². The number of hydrogen-bond acceptors (Lipinski definition) is 2. The lowest BCUT2D eigenvalue weighted by atomic mass is 10.1. The number of benzene rings is 1. The molecular formula is C17H22ClNO. The molecule has 0 aliphatic rings. The van der Waals surface area contributed by atoms with Crippen LogP contribution in [0.15, 0.2) is 30.3 Å². The molecule has 2 nitrogen and oxygen atoms in total. The number of halogens is 1. The molecule has 1 heterocycles. The molecule has 3 heteroatoms. The van der Waals surface area contributed by atoms with Crippen LogP contribution in [0.2, 0.25) is 0 Å². The number of aromatic nitrogens is 1. The Morgan fingerprint density at radius 3 is 2.70 bits per heavy atom. The van der Waals surface area contributed by atoms with Gasteiger partial charge in [0.2, 0.25) is 5.88 Å². The van der Waals surface area contributed by atoms with Crippen molar-refractivity contribution in [3.63, 3.8) is 0 Å². The minimum absolute atomic E-state index is 0.414. The molecule has 0 N–H and O–H groups in total. The standard InChI is InChI=1S/C17H22ClNO/c1-2-3-4-5-8-11-20-17-16-10-7-6-9-14(16)12-15(13-18)19-17/h6-7,9-10,12H,2-5,8,11,13H2,1H3. The van der Waals surface area contributed by atoms with Crippen LogP contribution < -0.4 is 4.74 Å². The van der Waals surface area contributed by atoms with Gasteiger partial charge in [-0.1, -0.05) is 50.8 Å². The second-order valence-electron chi connectivity index (χ2n) is 5.04. The van der Waals surface area contributed by atoms with Crippen LogP contribution in [0.3, 0.4) is 0 Å². The smallest absolute Gasteiger partial charge is 0.221 e. The van der Waals surface area contributed by atoms with Gasteiger partial charge in [-0.3, -0.25) is 0 Å². The van der Waals surface area contributed by atoms with Crippen molar-refractivity contribution in [2.24, 2.45) is 0 Å². The molecule has 2 rings (SSSR count). The number of ether oxygens (including phenoxy) is 1. The van der Waals surface area contributed by atoms with Crippen LogP contribution in [0.5, 0.6) is 5.88 Å². The Kier molecular flexibility index (Phi) is 6.13. The minimum atomic E-state index is 0.414. The van der Waals surface area contributed by atoms with Gasteiger partial charge in [-0.2, -0.15) is 0 Å². The highest BCUT2D eigenvalue weighted by Gasteiger charge is 2.06. The summed E-state index contributed by atoms with van der Waals surface area (Å²) in [5.41, 5.74) is 0.867. The second-order valence-corrected chi connectivity index (χ2v) is 5.30. The first kappa shape index (κ1) is 15.1. The zero-order chi connectivity index (χ0) is 14.2. The largest absolute Gasteiger partial charge is 0.477 e. The highest BCUT2D eigenvalue weighted by atomic mass is 35.5. The Morgan fingerprint density at radius 1 is 1.10 bits per heavy atom. The Morgan fingerprint density at radius 2 is 1.90 bits per heavy atom. The molecular weight excluding hydrogens is 270 g/mol. The van der Waals surface area contributed by atoms with Gasteiger partial charge < -0.3 is 4.74 Å². The number of alkyl halides is 1. The van der Waals surface area contributed by atoms with Crippen molar-refractivity contribution in [3.05, 3.63) is 36.0 Å². The highest BCUT2D eigenvalue weighted by molar-refractivity contribution is 6.17. The third kappa shape index (κ3) is 4.11. The van der Waals surface area contributed by atoms with E-state index in [0.717, 1.165) is 29.5 Å². The van der Waals surface area contributed by atoms with Crippen LogP contribution in [-0.4, -0.2) is 11.6 Å². The zero-order valence-electron chi connectivity index (χ0n) is 12.1. The van der Waals surface area contributed by atoms with Crippen LogP contribution in [0.1, 0.15) is 44.7 Å².